The van der Waals surface area contributed by atoms with Gasteiger partial charge in [0.2, 0.25) is 0 Å². The second kappa shape index (κ2) is 11.0. The third kappa shape index (κ3) is 4.44. The van der Waals surface area contributed by atoms with Gasteiger partial charge < -0.3 is 13.7 Å². The molecule has 0 spiro atoms. The zero-order valence-corrected chi connectivity index (χ0v) is 26.5. The van der Waals surface area contributed by atoms with Gasteiger partial charge in [-0.05, 0) is 81.6 Å². The van der Waals surface area contributed by atoms with E-state index in [1.54, 1.807) is 0 Å². The van der Waals surface area contributed by atoms with E-state index in [2.05, 4.69) is 150 Å². The minimum atomic E-state index is 0.859. The number of anilines is 3. The van der Waals surface area contributed by atoms with Crippen LogP contribution in [0.3, 0.4) is 0 Å². The fourth-order valence-electron chi connectivity index (χ4n) is 7.43. The van der Waals surface area contributed by atoms with Crippen molar-refractivity contribution in [2.45, 2.75) is 0 Å². The lowest BCUT2D eigenvalue weighted by molar-refractivity contribution is 0.668. The first-order valence-corrected chi connectivity index (χ1v) is 16.6. The Morgan fingerprint density at radius 2 is 1.00 bits per heavy atom. The maximum atomic E-state index is 6.60. The van der Waals surface area contributed by atoms with Gasteiger partial charge in [0, 0.05) is 32.9 Å². The summed E-state index contributed by atoms with van der Waals surface area (Å²) in [6.07, 6.45) is 0. The fourth-order valence-corrected chi connectivity index (χ4v) is 7.43. The van der Waals surface area contributed by atoms with E-state index in [1.807, 2.05) is 30.3 Å². The van der Waals surface area contributed by atoms with Crippen LogP contribution in [0.1, 0.15) is 0 Å². The molecule has 2 aromatic heterocycles. The molecule has 10 rings (SSSR count). The first-order chi connectivity index (χ1) is 24.3. The smallest absolute Gasteiger partial charge is 0.159 e. The first-order valence-electron chi connectivity index (χ1n) is 16.6. The number of nitrogens with zero attached hydrogens (tertiary/aromatic N) is 1. The molecule has 0 aliphatic rings. The molecule has 0 fully saturated rings. The lowest BCUT2D eigenvalue weighted by atomic mass is 9.97. The second-order valence-corrected chi connectivity index (χ2v) is 12.5. The van der Waals surface area contributed by atoms with Crippen molar-refractivity contribution in [1.29, 1.82) is 0 Å². The average Bonchev–Trinajstić information content (AvgIpc) is 3.74. The summed E-state index contributed by atoms with van der Waals surface area (Å²) in [5, 5.41) is 6.93. The number of benzene rings is 8. The predicted molar refractivity (Wildman–Crippen MR) is 204 cm³/mol. The molecule has 0 atom stereocenters. The number of rotatable bonds is 5. The minimum absolute atomic E-state index is 0.859. The number of para-hydroxylation sites is 3. The molecule has 0 N–H and O–H groups in total. The minimum Gasteiger partial charge on any atom is -0.456 e. The lowest BCUT2D eigenvalue weighted by Gasteiger charge is -2.26. The van der Waals surface area contributed by atoms with Crippen molar-refractivity contribution < 1.29 is 8.83 Å². The molecule has 0 aliphatic carbocycles. The highest BCUT2D eigenvalue weighted by Gasteiger charge is 2.20. The summed E-state index contributed by atoms with van der Waals surface area (Å²) < 4.78 is 12.8. The van der Waals surface area contributed by atoms with Crippen LogP contribution < -0.4 is 4.90 Å². The van der Waals surface area contributed by atoms with E-state index in [-0.39, 0.29) is 0 Å². The molecule has 0 radical (unpaired) electrons. The predicted octanol–water partition coefficient (Wildman–Crippen LogP) is 13.4. The zero-order valence-electron chi connectivity index (χ0n) is 26.5. The molecule has 0 aliphatic heterocycles. The summed E-state index contributed by atoms with van der Waals surface area (Å²) in [5.74, 6) is 0. The number of furan rings is 2. The maximum Gasteiger partial charge on any atom is 0.159 e. The SMILES string of the molecule is c1cc(-c2cccc3ccccc23)cc(N(c2ccc(-c3cccc4oc5ccccc5c34)cc2)c2cccc3c2oc2ccccc23)c1. The van der Waals surface area contributed by atoms with Crippen molar-refractivity contribution in [3.8, 4) is 22.3 Å². The van der Waals surface area contributed by atoms with E-state index in [9.17, 15) is 0 Å². The molecular formula is C46H29NO2. The second-order valence-electron chi connectivity index (χ2n) is 12.5. The monoisotopic (exact) mass is 627 g/mol. The van der Waals surface area contributed by atoms with Gasteiger partial charge in [-0.1, -0.05) is 127 Å². The van der Waals surface area contributed by atoms with E-state index in [4.69, 9.17) is 8.83 Å². The van der Waals surface area contributed by atoms with Crippen molar-refractivity contribution in [3.63, 3.8) is 0 Å². The Morgan fingerprint density at radius 1 is 0.367 bits per heavy atom. The van der Waals surface area contributed by atoms with Crippen LogP contribution in [0.2, 0.25) is 0 Å². The van der Waals surface area contributed by atoms with Crippen molar-refractivity contribution in [2.75, 3.05) is 4.90 Å². The molecule has 3 heteroatoms. The highest BCUT2D eigenvalue weighted by atomic mass is 16.3. The van der Waals surface area contributed by atoms with E-state index in [1.165, 1.54) is 16.3 Å². The third-order valence-corrected chi connectivity index (χ3v) is 9.67. The van der Waals surface area contributed by atoms with Gasteiger partial charge in [-0.15, -0.1) is 0 Å². The van der Waals surface area contributed by atoms with E-state index >= 15 is 0 Å². The van der Waals surface area contributed by atoms with Crippen molar-refractivity contribution >= 4 is 71.7 Å². The van der Waals surface area contributed by atoms with Crippen molar-refractivity contribution in [1.82, 2.24) is 0 Å². The zero-order chi connectivity index (χ0) is 32.3. The standard InChI is InChI=1S/C46H29NO2/c1-2-15-35-30(11-1)12-8-18-36(35)32-13-7-14-34(29-32)47(41-21-9-20-39-38-16-3-5-22-42(38)49-46(39)41)33-27-25-31(26-28-33)37-19-10-24-44-45(37)40-17-4-6-23-43(40)48-44/h1-29H. The van der Waals surface area contributed by atoms with Crippen molar-refractivity contribution in [3.05, 3.63) is 176 Å². The Hall–Kier alpha value is -6.58. The van der Waals surface area contributed by atoms with Gasteiger partial charge in [-0.3, -0.25) is 0 Å². The van der Waals surface area contributed by atoms with Gasteiger partial charge in [-0.25, -0.2) is 0 Å². The molecule has 2 heterocycles. The molecule has 10 aromatic rings. The van der Waals surface area contributed by atoms with Crippen LogP contribution in [-0.4, -0.2) is 0 Å². The highest BCUT2D eigenvalue weighted by molar-refractivity contribution is 6.13. The molecular weight excluding hydrogens is 599 g/mol. The van der Waals surface area contributed by atoms with Crippen LogP contribution in [0, 0.1) is 0 Å². The molecule has 0 unspecified atom stereocenters. The van der Waals surface area contributed by atoms with Gasteiger partial charge in [0.1, 0.15) is 16.7 Å². The first kappa shape index (κ1) is 27.5. The molecule has 49 heavy (non-hydrogen) atoms. The third-order valence-electron chi connectivity index (χ3n) is 9.67. The maximum absolute atomic E-state index is 6.60. The summed E-state index contributed by atoms with van der Waals surface area (Å²) in [6.45, 7) is 0. The van der Waals surface area contributed by atoms with Crippen LogP contribution in [0.5, 0.6) is 0 Å². The Kier molecular flexibility index (Phi) is 6.18. The van der Waals surface area contributed by atoms with Gasteiger partial charge in [0.25, 0.3) is 0 Å². The highest BCUT2D eigenvalue weighted by Crippen LogP contribution is 2.44. The van der Waals surface area contributed by atoms with Crippen molar-refractivity contribution in [2.24, 2.45) is 0 Å². The molecule has 3 nitrogen and oxygen atoms in total. The largest absolute Gasteiger partial charge is 0.456 e. The Balaban J connectivity index is 1.17. The van der Waals surface area contributed by atoms with Gasteiger partial charge in [0.15, 0.2) is 5.58 Å². The van der Waals surface area contributed by atoms with Gasteiger partial charge >= 0.3 is 0 Å². The Labute approximate surface area is 282 Å². The molecule has 0 saturated carbocycles. The quantitative estimate of drug-likeness (QED) is 0.190. The lowest BCUT2D eigenvalue weighted by Crippen LogP contribution is -2.10. The van der Waals surface area contributed by atoms with Crippen LogP contribution >= 0.6 is 0 Å². The Morgan fingerprint density at radius 3 is 1.88 bits per heavy atom. The molecule has 230 valence electrons. The summed E-state index contributed by atoms with van der Waals surface area (Å²) in [6, 6.07) is 62.0. The number of fused-ring (bicyclic) bond motifs is 7. The van der Waals surface area contributed by atoms with E-state index < -0.39 is 0 Å². The molecule has 0 saturated heterocycles. The molecule has 0 bridgehead atoms. The van der Waals surface area contributed by atoms with E-state index in [0.29, 0.717) is 0 Å². The molecule has 8 aromatic carbocycles. The van der Waals surface area contributed by atoms with Crippen LogP contribution in [0.15, 0.2) is 185 Å². The van der Waals surface area contributed by atoms with Crippen LogP contribution in [-0.2, 0) is 0 Å². The topological polar surface area (TPSA) is 29.5 Å². The number of hydrogen-bond acceptors (Lipinski definition) is 3. The Bertz CT molecular complexity index is 2830. The summed E-state index contributed by atoms with van der Waals surface area (Å²) in [4.78, 5) is 2.32. The summed E-state index contributed by atoms with van der Waals surface area (Å²) in [5.41, 5.74) is 11.3. The summed E-state index contributed by atoms with van der Waals surface area (Å²) in [7, 11) is 0. The van der Waals surface area contributed by atoms with Gasteiger partial charge in [0.05, 0.1) is 5.69 Å². The van der Waals surface area contributed by atoms with Crippen LogP contribution in [0.25, 0.3) is 76.9 Å². The average molecular weight is 628 g/mol. The molecule has 0 amide bonds. The van der Waals surface area contributed by atoms with E-state index in [0.717, 1.165) is 77.6 Å². The summed E-state index contributed by atoms with van der Waals surface area (Å²) >= 11 is 0. The van der Waals surface area contributed by atoms with Crippen LogP contribution in [0.4, 0.5) is 17.1 Å². The number of hydrogen-bond donors (Lipinski definition) is 0. The van der Waals surface area contributed by atoms with Gasteiger partial charge in [-0.2, -0.15) is 0 Å². The fraction of sp³-hybridized carbons (Fsp3) is 0. The normalized spacial score (nSPS) is 11.7.